The topological polar surface area (TPSA) is 68.8 Å². The Labute approximate surface area is 130 Å². The molecule has 0 heterocycles. The Kier molecular flexibility index (Phi) is 45.8. The smallest absolute Gasteiger partial charge is 1.00 e. The van der Waals surface area contributed by atoms with E-state index in [4.69, 9.17) is 5.11 Å². The van der Waals surface area contributed by atoms with E-state index >= 15 is 0 Å². The van der Waals surface area contributed by atoms with Crippen molar-refractivity contribution in [3.8, 4) is 0 Å². The van der Waals surface area contributed by atoms with E-state index in [0.29, 0.717) is 0 Å². The number of carboxylic acid groups (broad SMARTS) is 1. The van der Waals surface area contributed by atoms with E-state index in [9.17, 15) is 4.79 Å². The summed E-state index contributed by atoms with van der Waals surface area (Å²) in [5, 5.41) is 7.65. The van der Waals surface area contributed by atoms with Crippen molar-refractivity contribution in [2.24, 2.45) is 0 Å². The molecule has 6 heteroatoms. The Hall–Kier alpha value is 2.68. The minimum absolute atomic E-state index is 0. The van der Waals surface area contributed by atoms with Crippen LogP contribution in [-0.4, -0.2) is 60.0 Å². The first kappa shape index (κ1) is 22.4. The molecule has 0 aromatic rings. The molecule has 0 saturated heterocycles. The summed E-state index contributed by atoms with van der Waals surface area (Å²) in [5.74, 6) is -0.965. The number of aliphatic carboxylic acids is 1. The molecule has 0 aliphatic rings. The quantitative estimate of drug-likeness (QED) is 0.330. The molecule has 0 unspecified atom stereocenters. The molecule has 0 bridgehead atoms. The second-order valence-corrected chi connectivity index (χ2v) is 0.868. The van der Waals surface area contributed by atoms with Crippen LogP contribution in [0.25, 0.3) is 0 Å². The standard InChI is InChI=1S/C2H4O2S.Ca.K.H2O.3H/c3-2(4)1-5;;;;;;/h5H,1H2,(H,3,4);;;1H2;;;/q;+2;+1;;3*-1. The number of thiol groups is 1. The summed E-state index contributed by atoms with van der Waals surface area (Å²) in [7, 11) is 0. The fourth-order valence-electron chi connectivity index (χ4n) is 0. The van der Waals surface area contributed by atoms with Crippen molar-refractivity contribution in [1.82, 2.24) is 0 Å². The van der Waals surface area contributed by atoms with Crippen LogP contribution in [0.15, 0.2) is 0 Å². The molecule has 0 saturated carbocycles. The van der Waals surface area contributed by atoms with Crippen molar-refractivity contribution < 1.29 is 71.0 Å². The van der Waals surface area contributed by atoms with Gasteiger partial charge in [0.2, 0.25) is 0 Å². The Morgan fingerprint density at radius 2 is 1.88 bits per heavy atom. The van der Waals surface area contributed by atoms with Gasteiger partial charge in [-0.25, -0.2) is 0 Å². The molecular formula is C2H9CaKO3S. The van der Waals surface area contributed by atoms with E-state index < -0.39 is 5.97 Å². The maximum Gasteiger partial charge on any atom is 2.00 e. The average Bonchev–Trinajstić information content (AvgIpc) is 1.38. The van der Waals surface area contributed by atoms with Crippen LogP contribution in [-0.2, 0) is 4.79 Å². The van der Waals surface area contributed by atoms with Gasteiger partial charge >= 0.3 is 95.1 Å². The van der Waals surface area contributed by atoms with E-state index in [-0.39, 0.29) is 105 Å². The Balaban J connectivity index is -0.00000000533. The third-order valence-corrected chi connectivity index (χ3v) is 0.406. The summed E-state index contributed by atoms with van der Waals surface area (Å²) in [5.41, 5.74) is 0. The van der Waals surface area contributed by atoms with Crippen LogP contribution in [0.4, 0.5) is 0 Å². The summed E-state index contributed by atoms with van der Waals surface area (Å²) < 4.78 is 0. The van der Waals surface area contributed by atoms with Crippen LogP contribution in [0.5, 0.6) is 0 Å². The average molecular weight is 192 g/mol. The summed E-state index contributed by atoms with van der Waals surface area (Å²) >= 11 is 3.42. The molecule has 0 aromatic heterocycles. The zero-order chi connectivity index (χ0) is 4.28. The van der Waals surface area contributed by atoms with E-state index in [1.54, 1.807) is 0 Å². The van der Waals surface area contributed by atoms with Crippen molar-refractivity contribution in [3.05, 3.63) is 0 Å². The summed E-state index contributed by atoms with van der Waals surface area (Å²) in [6.07, 6.45) is 0. The van der Waals surface area contributed by atoms with Crippen molar-refractivity contribution in [3.63, 3.8) is 0 Å². The van der Waals surface area contributed by atoms with Gasteiger partial charge in [0.05, 0.1) is 5.75 Å². The largest absolute Gasteiger partial charge is 2.00 e. The van der Waals surface area contributed by atoms with Crippen molar-refractivity contribution in [2.45, 2.75) is 0 Å². The van der Waals surface area contributed by atoms with Crippen LogP contribution in [0, 0.1) is 0 Å². The van der Waals surface area contributed by atoms with Crippen molar-refractivity contribution in [1.29, 1.82) is 0 Å². The van der Waals surface area contributed by atoms with E-state index in [2.05, 4.69) is 12.6 Å². The van der Waals surface area contributed by atoms with Gasteiger partial charge in [-0.1, -0.05) is 0 Å². The van der Waals surface area contributed by atoms with Gasteiger partial charge < -0.3 is 14.9 Å². The van der Waals surface area contributed by atoms with E-state index in [1.807, 2.05) is 0 Å². The minimum Gasteiger partial charge on any atom is -1.00 e. The van der Waals surface area contributed by atoms with Crippen molar-refractivity contribution in [2.75, 3.05) is 5.75 Å². The third kappa shape index (κ3) is 23.4. The van der Waals surface area contributed by atoms with Crippen LogP contribution in [0.1, 0.15) is 4.28 Å². The van der Waals surface area contributed by atoms with Gasteiger partial charge in [-0.05, 0) is 0 Å². The van der Waals surface area contributed by atoms with Crippen molar-refractivity contribution >= 4 is 56.3 Å². The fourth-order valence-corrected chi connectivity index (χ4v) is 0. The summed E-state index contributed by atoms with van der Waals surface area (Å²) in [6.45, 7) is 0. The molecule has 8 heavy (non-hydrogen) atoms. The Bertz CT molecular complexity index is 61.8. The second kappa shape index (κ2) is 16.3. The molecule has 0 fully saturated rings. The number of rotatable bonds is 1. The van der Waals surface area contributed by atoms with Gasteiger partial charge in [0.15, 0.2) is 0 Å². The summed E-state index contributed by atoms with van der Waals surface area (Å²) in [6, 6.07) is 0. The van der Waals surface area contributed by atoms with Gasteiger partial charge in [0, 0.05) is 0 Å². The third-order valence-electron chi connectivity index (χ3n) is 0.135. The predicted molar refractivity (Wildman–Crippen MR) is 34.2 cm³/mol. The van der Waals surface area contributed by atoms with Gasteiger partial charge in [-0.3, -0.25) is 4.79 Å². The molecule has 0 spiro atoms. The summed E-state index contributed by atoms with van der Waals surface area (Å²) in [4.78, 5) is 9.29. The number of carbonyl (C=O) groups is 1. The molecule has 0 radical (unpaired) electrons. The van der Waals surface area contributed by atoms with Gasteiger partial charge in [0.1, 0.15) is 0 Å². The molecule has 0 aliphatic heterocycles. The molecule has 3 N–H and O–H groups in total. The SMILES string of the molecule is O.O=C(O)CS.[Ca+2].[H-].[H-].[H-].[K+]. The zero-order valence-electron chi connectivity index (χ0n) is 7.72. The minimum atomic E-state index is -0.881. The fraction of sp³-hybridized carbons (Fsp3) is 0.500. The number of carboxylic acids is 1. The molecule has 0 atom stereocenters. The molecule has 44 valence electrons. The van der Waals surface area contributed by atoms with Crippen LogP contribution in [0.2, 0.25) is 0 Å². The number of hydrogen-bond donors (Lipinski definition) is 2. The Morgan fingerprint density at radius 3 is 1.88 bits per heavy atom. The van der Waals surface area contributed by atoms with Crippen LogP contribution in [0.3, 0.4) is 0 Å². The molecular weight excluding hydrogens is 183 g/mol. The monoisotopic (exact) mass is 192 g/mol. The molecule has 0 amide bonds. The van der Waals surface area contributed by atoms with E-state index in [0.717, 1.165) is 0 Å². The van der Waals surface area contributed by atoms with E-state index in [1.165, 1.54) is 0 Å². The van der Waals surface area contributed by atoms with Gasteiger partial charge in [-0.2, -0.15) is 12.6 Å². The molecule has 3 nitrogen and oxygen atoms in total. The first-order valence-corrected chi connectivity index (χ1v) is 1.73. The maximum atomic E-state index is 9.29. The van der Waals surface area contributed by atoms with Crippen LogP contribution >= 0.6 is 12.6 Å². The van der Waals surface area contributed by atoms with Gasteiger partial charge in [-0.15, -0.1) is 0 Å². The number of hydrogen-bond acceptors (Lipinski definition) is 2. The second-order valence-electron chi connectivity index (χ2n) is 0.552. The predicted octanol–water partition coefficient (Wildman–Crippen LogP) is -3.86. The molecule has 0 rings (SSSR count). The molecule has 0 aliphatic carbocycles. The molecule has 0 aromatic carbocycles. The maximum absolute atomic E-state index is 9.29. The normalized spacial score (nSPS) is 4.62. The van der Waals surface area contributed by atoms with Crippen LogP contribution < -0.4 is 51.4 Å². The first-order chi connectivity index (χ1) is 2.27. The zero-order valence-corrected chi connectivity index (χ0v) is 10.9. The first-order valence-electron chi connectivity index (χ1n) is 1.10. The Morgan fingerprint density at radius 1 is 1.75 bits per heavy atom. The van der Waals surface area contributed by atoms with Gasteiger partial charge in [0.25, 0.3) is 0 Å².